The Kier molecular flexibility index (Phi) is 8.77. The molecular formula is C17H22S. The lowest BCUT2D eigenvalue weighted by Gasteiger charge is -2.08. The summed E-state index contributed by atoms with van der Waals surface area (Å²) in [6.07, 6.45) is 4.09. The first kappa shape index (κ1) is 16.5. The van der Waals surface area contributed by atoms with Gasteiger partial charge in [-0.05, 0) is 36.1 Å². The van der Waals surface area contributed by atoms with Crippen LogP contribution in [0.25, 0.3) is 5.57 Å². The van der Waals surface area contributed by atoms with Crippen LogP contribution >= 0.6 is 12.2 Å². The first-order chi connectivity index (χ1) is 8.70. The summed E-state index contributed by atoms with van der Waals surface area (Å²) in [4.78, 5) is 0. The molecule has 0 nitrogen and oxygen atoms in total. The Bertz CT molecular complexity index is 436. The number of thiocarbonyl (C=S) groups is 1. The van der Waals surface area contributed by atoms with Crippen molar-refractivity contribution in [3.8, 4) is 0 Å². The van der Waals surface area contributed by atoms with E-state index < -0.39 is 0 Å². The fourth-order valence-corrected chi connectivity index (χ4v) is 1.85. The number of allylic oxidation sites excluding steroid dienone is 5. The number of hydrogen-bond acceptors (Lipinski definition) is 1. The van der Waals surface area contributed by atoms with Gasteiger partial charge in [-0.2, -0.15) is 0 Å². The van der Waals surface area contributed by atoms with Crippen molar-refractivity contribution >= 4 is 23.2 Å². The predicted molar refractivity (Wildman–Crippen MR) is 88.0 cm³/mol. The largest absolute Gasteiger partial charge is 0.0955 e. The Morgan fingerprint density at radius 1 is 1.17 bits per heavy atom. The topological polar surface area (TPSA) is 0 Å². The molecule has 1 aromatic carbocycles. The summed E-state index contributed by atoms with van der Waals surface area (Å²) in [6.45, 7) is 11.9. The first-order valence-corrected chi connectivity index (χ1v) is 6.71. The second-order valence-corrected chi connectivity index (χ2v) is 3.83. The van der Waals surface area contributed by atoms with Gasteiger partial charge in [-0.1, -0.05) is 75.1 Å². The summed E-state index contributed by atoms with van der Waals surface area (Å²) in [5.74, 6) is 0. The van der Waals surface area contributed by atoms with Crippen LogP contribution < -0.4 is 0 Å². The molecule has 0 bridgehead atoms. The minimum atomic E-state index is 0.993. The van der Waals surface area contributed by atoms with Crippen molar-refractivity contribution in [3.05, 3.63) is 65.8 Å². The summed E-state index contributed by atoms with van der Waals surface area (Å²) >= 11 is 5.06. The lowest BCUT2D eigenvalue weighted by atomic mass is 9.97. The fourth-order valence-electron chi connectivity index (χ4n) is 1.52. The summed E-state index contributed by atoms with van der Waals surface area (Å²) in [5.41, 5.74) is 4.32. The van der Waals surface area contributed by atoms with E-state index in [2.05, 4.69) is 24.8 Å². The first-order valence-electron chi connectivity index (χ1n) is 6.24. The van der Waals surface area contributed by atoms with Crippen molar-refractivity contribution in [1.82, 2.24) is 0 Å². The average Bonchev–Trinajstić information content (AvgIpc) is 2.41. The van der Waals surface area contributed by atoms with Crippen molar-refractivity contribution < 1.29 is 0 Å². The summed E-state index contributed by atoms with van der Waals surface area (Å²) < 4.78 is 0. The van der Waals surface area contributed by atoms with Crippen LogP contribution in [0.5, 0.6) is 0 Å². The Labute approximate surface area is 117 Å². The molecule has 0 aromatic heterocycles. The van der Waals surface area contributed by atoms with Crippen molar-refractivity contribution in [2.45, 2.75) is 27.7 Å². The number of benzene rings is 1. The molecule has 0 amide bonds. The molecule has 0 spiro atoms. The minimum absolute atomic E-state index is 0.993. The summed E-state index contributed by atoms with van der Waals surface area (Å²) in [7, 11) is 0. The average molecular weight is 258 g/mol. The molecule has 0 atom stereocenters. The van der Waals surface area contributed by atoms with Crippen molar-refractivity contribution in [2.75, 3.05) is 0 Å². The van der Waals surface area contributed by atoms with E-state index in [1.165, 1.54) is 5.56 Å². The lowest BCUT2D eigenvalue weighted by Crippen LogP contribution is -1.91. The van der Waals surface area contributed by atoms with Crippen LogP contribution in [0.4, 0.5) is 0 Å². The highest BCUT2D eigenvalue weighted by Crippen LogP contribution is 2.23. The standard InChI is InChI=1S/C15H16S.C2H6/c1-4-8-14(15(11-16)12(2)3)13-9-6-5-7-10-13;1-2/h4-11H,2H2,1,3H3;1-2H3/b8-4-,15-14+;. The Morgan fingerprint density at radius 2 is 1.72 bits per heavy atom. The zero-order chi connectivity index (χ0) is 14.0. The number of rotatable bonds is 4. The molecule has 0 saturated carbocycles. The van der Waals surface area contributed by atoms with Crippen LogP contribution in [0.3, 0.4) is 0 Å². The Morgan fingerprint density at radius 3 is 2.11 bits per heavy atom. The zero-order valence-corrected chi connectivity index (χ0v) is 12.6. The van der Waals surface area contributed by atoms with E-state index in [4.69, 9.17) is 12.2 Å². The van der Waals surface area contributed by atoms with Gasteiger partial charge in [-0.15, -0.1) is 0 Å². The molecule has 1 rings (SSSR count). The SMILES string of the molecule is C=C(C)/C(C=S)=C(\C=C/C)c1ccccc1.CC. The molecule has 0 unspecified atom stereocenters. The molecule has 18 heavy (non-hydrogen) atoms. The van der Waals surface area contributed by atoms with Crippen molar-refractivity contribution in [3.63, 3.8) is 0 Å². The molecule has 0 N–H and O–H groups in total. The van der Waals surface area contributed by atoms with E-state index >= 15 is 0 Å². The normalized spacial score (nSPS) is 11.3. The van der Waals surface area contributed by atoms with Gasteiger partial charge < -0.3 is 0 Å². The van der Waals surface area contributed by atoms with Crippen molar-refractivity contribution in [2.24, 2.45) is 0 Å². The second kappa shape index (κ2) is 9.55. The molecule has 0 aliphatic carbocycles. The van der Waals surface area contributed by atoms with Crippen LogP contribution in [-0.2, 0) is 0 Å². The van der Waals surface area contributed by atoms with Gasteiger partial charge >= 0.3 is 0 Å². The van der Waals surface area contributed by atoms with Gasteiger partial charge in [0, 0.05) is 5.37 Å². The Balaban J connectivity index is 0.00000137. The maximum atomic E-state index is 5.06. The van der Waals surface area contributed by atoms with E-state index in [9.17, 15) is 0 Å². The van der Waals surface area contributed by atoms with Gasteiger partial charge in [-0.3, -0.25) is 0 Å². The quantitative estimate of drug-likeness (QED) is 0.384. The zero-order valence-electron chi connectivity index (χ0n) is 11.7. The van der Waals surface area contributed by atoms with E-state index in [-0.39, 0.29) is 0 Å². The molecule has 0 aliphatic heterocycles. The van der Waals surface area contributed by atoms with Crippen LogP contribution in [-0.4, -0.2) is 5.37 Å². The molecule has 0 heterocycles. The summed E-state index contributed by atoms with van der Waals surface area (Å²) in [5, 5.41) is 1.70. The highest BCUT2D eigenvalue weighted by atomic mass is 32.1. The molecule has 0 fully saturated rings. The lowest BCUT2D eigenvalue weighted by molar-refractivity contribution is 1.50. The molecule has 1 aromatic rings. The minimum Gasteiger partial charge on any atom is -0.0955 e. The molecular weight excluding hydrogens is 236 g/mol. The second-order valence-electron chi connectivity index (χ2n) is 3.59. The third-order valence-corrected chi connectivity index (χ3v) is 2.52. The van der Waals surface area contributed by atoms with Crippen LogP contribution in [0, 0.1) is 0 Å². The summed E-state index contributed by atoms with van der Waals surface area (Å²) in [6, 6.07) is 10.2. The van der Waals surface area contributed by atoms with Gasteiger partial charge in [0.2, 0.25) is 0 Å². The van der Waals surface area contributed by atoms with Gasteiger partial charge in [0.15, 0.2) is 0 Å². The fraction of sp³-hybridized carbons (Fsp3) is 0.235. The third-order valence-electron chi connectivity index (χ3n) is 2.29. The molecule has 0 radical (unpaired) electrons. The monoisotopic (exact) mass is 258 g/mol. The third kappa shape index (κ3) is 4.80. The van der Waals surface area contributed by atoms with E-state index in [1.807, 2.05) is 52.0 Å². The molecule has 1 heteroatoms. The van der Waals surface area contributed by atoms with Crippen LogP contribution in [0.15, 0.2) is 60.2 Å². The maximum absolute atomic E-state index is 5.06. The van der Waals surface area contributed by atoms with Crippen LogP contribution in [0.1, 0.15) is 33.3 Å². The maximum Gasteiger partial charge on any atom is 0.00948 e. The highest BCUT2D eigenvalue weighted by molar-refractivity contribution is 7.79. The molecule has 0 aliphatic rings. The van der Waals surface area contributed by atoms with Gasteiger partial charge in [-0.25, -0.2) is 0 Å². The van der Waals surface area contributed by atoms with Gasteiger partial charge in [0.05, 0.1) is 0 Å². The van der Waals surface area contributed by atoms with Gasteiger partial charge in [0.1, 0.15) is 0 Å². The van der Waals surface area contributed by atoms with E-state index in [0.29, 0.717) is 0 Å². The van der Waals surface area contributed by atoms with Crippen LogP contribution in [0.2, 0.25) is 0 Å². The van der Waals surface area contributed by atoms with Crippen molar-refractivity contribution in [1.29, 1.82) is 0 Å². The van der Waals surface area contributed by atoms with Gasteiger partial charge in [0.25, 0.3) is 0 Å². The predicted octanol–water partition coefficient (Wildman–Crippen LogP) is 5.62. The highest BCUT2D eigenvalue weighted by Gasteiger charge is 2.04. The number of hydrogen-bond donors (Lipinski definition) is 0. The molecule has 0 saturated heterocycles. The van der Waals surface area contributed by atoms with E-state index in [0.717, 1.165) is 16.7 Å². The smallest absolute Gasteiger partial charge is 0.00948 e. The molecule has 96 valence electrons. The Hall–Kier alpha value is -1.47. The van der Waals surface area contributed by atoms with E-state index in [1.54, 1.807) is 5.37 Å².